The minimum Gasteiger partial charge on any atom is -0.466 e. The Morgan fingerprint density at radius 1 is 1.38 bits per heavy atom. The Morgan fingerprint density at radius 3 is 2.86 bits per heavy atom. The van der Waals surface area contributed by atoms with Crippen molar-refractivity contribution < 1.29 is 9.53 Å². The van der Waals surface area contributed by atoms with Crippen molar-refractivity contribution in [3.63, 3.8) is 0 Å². The Morgan fingerprint density at radius 2 is 2.19 bits per heavy atom. The fourth-order valence-corrected chi connectivity index (χ4v) is 3.21. The molecule has 0 aromatic carbocycles. The first-order valence-corrected chi connectivity index (χ1v) is 8.67. The number of unbranched alkanes of at least 4 members (excludes halogenated alkanes) is 2. The van der Waals surface area contributed by atoms with Crippen molar-refractivity contribution in [1.29, 1.82) is 0 Å². The van der Waals surface area contributed by atoms with Gasteiger partial charge in [0, 0.05) is 18.2 Å². The van der Waals surface area contributed by atoms with Gasteiger partial charge in [0.25, 0.3) is 0 Å². The molecular formula is C14H24N4O2S. The van der Waals surface area contributed by atoms with Crippen LogP contribution in [0.5, 0.6) is 0 Å². The summed E-state index contributed by atoms with van der Waals surface area (Å²) in [4.78, 5) is 11.2. The Balaban J connectivity index is 1.65. The molecule has 1 saturated carbocycles. The largest absolute Gasteiger partial charge is 0.466 e. The van der Waals surface area contributed by atoms with Crippen molar-refractivity contribution in [3.8, 4) is 0 Å². The van der Waals surface area contributed by atoms with E-state index in [9.17, 15) is 4.79 Å². The van der Waals surface area contributed by atoms with Crippen molar-refractivity contribution in [3.05, 3.63) is 5.82 Å². The molecule has 0 spiro atoms. The average Bonchev–Trinajstić information content (AvgIpc) is 3.23. The smallest absolute Gasteiger partial charge is 0.305 e. The van der Waals surface area contributed by atoms with Gasteiger partial charge in [-0.1, -0.05) is 18.2 Å². The molecule has 2 rings (SSSR count). The topological polar surface area (TPSA) is 83.0 Å². The molecule has 21 heavy (non-hydrogen) atoms. The molecule has 7 heteroatoms. The van der Waals surface area contributed by atoms with Crippen LogP contribution in [0.15, 0.2) is 5.16 Å². The number of hydrogen-bond donors (Lipinski definition) is 1. The number of nitrogens with two attached hydrogens (primary N) is 1. The first-order chi connectivity index (χ1) is 10.3. The summed E-state index contributed by atoms with van der Waals surface area (Å²) in [6.45, 7) is 2.75. The summed E-state index contributed by atoms with van der Waals surface area (Å²) < 4.78 is 7.10. The Bertz CT molecular complexity index is 460. The van der Waals surface area contributed by atoms with Gasteiger partial charge in [-0.2, -0.15) is 0 Å². The number of nitrogens with zero attached hydrogens (tertiary/aromatic N) is 3. The lowest BCUT2D eigenvalue weighted by atomic mass is 10.2. The fraction of sp³-hybridized carbons (Fsp3) is 0.786. The summed E-state index contributed by atoms with van der Waals surface area (Å²) in [7, 11) is 0. The number of aromatic nitrogens is 3. The maximum atomic E-state index is 11.2. The van der Waals surface area contributed by atoms with E-state index in [0.717, 1.165) is 36.0 Å². The molecule has 0 saturated heterocycles. The van der Waals surface area contributed by atoms with Crippen molar-refractivity contribution in [1.82, 2.24) is 14.8 Å². The normalized spacial score (nSPS) is 14.4. The molecular weight excluding hydrogens is 288 g/mol. The minimum absolute atomic E-state index is 0.0915. The maximum absolute atomic E-state index is 11.2. The van der Waals surface area contributed by atoms with Gasteiger partial charge in [-0.05, 0) is 32.6 Å². The number of esters is 1. The number of ether oxygens (including phenoxy) is 1. The predicted octanol–water partition coefficient (Wildman–Crippen LogP) is 2.29. The van der Waals surface area contributed by atoms with Crippen LogP contribution in [0.4, 0.5) is 0 Å². The molecule has 0 amide bonds. The van der Waals surface area contributed by atoms with E-state index in [2.05, 4.69) is 14.8 Å². The SMILES string of the molecule is CCOC(=O)CCCCCSc1nnc(CN)n1C1CC1. The van der Waals surface area contributed by atoms with Gasteiger partial charge in [-0.3, -0.25) is 4.79 Å². The zero-order valence-corrected chi connectivity index (χ0v) is 13.4. The van der Waals surface area contributed by atoms with Crippen LogP contribution in [-0.2, 0) is 16.1 Å². The Hall–Kier alpha value is -1.08. The van der Waals surface area contributed by atoms with Crippen LogP contribution in [0, 0.1) is 0 Å². The average molecular weight is 312 g/mol. The molecule has 1 aromatic rings. The van der Waals surface area contributed by atoms with Crippen LogP contribution in [0.2, 0.25) is 0 Å². The number of rotatable bonds is 10. The minimum atomic E-state index is -0.0915. The Labute approximate surface area is 129 Å². The lowest BCUT2D eigenvalue weighted by Gasteiger charge is -2.07. The highest BCUT2D eigenvalue weighted by Gasteiger charge is 2.28. The third-order valence-corrected chi connectivity index (χ3v) is 4.42. The van der Waals surface area contributed by atoms with E-state index in [0.29, 0.717) is 25.6 Å². The van der Waals surface area contributed by atoms with E-state index in [1.165, 1.54) is 12.8 Å². The lowest BCUT2D eigenvalue weighted by Crippen LogP contribution is -2.08. The highest BCUT2D eigenvalue weighted by atomic mass is 32.2. The quantitative estimate of drug-likeness (QED) is 0.405. The summed E-state index contributed by atoms with van der Waals surface area (Å²) in [5.41, 5.74) is 5.70. The molecule has 1 heterocycles. The number of thioether (sulfide) groups is 1. The van der Waals surface area contributed by atoms with Crippen LogP contribution in [0.1, 0.15) is 57.3 Å². The molecule has 1 aliphatic carbocycles. The summed E-state index contributed by atoms with van der Waals surface area (Å²) in [6, 6.07) is 0.560. The van der Waals surface area contributed by atoms with E-state index in [1.807, 2.05) is 6.92 Å². The second-order valence-electron chi connectivity index (χ2n) is 5.17. The van der Waals surface area contributed by atoms with Crippen LogP contribution in [0.25, 0.3) is 0 Å². The monoisotopic (exact) mass is 312 g/mol. The van der Waals surface area contributed by atoms with Crippen LogP contribution in [-0.4, -0.2) is 33.1 Å². The van der Waals surface area contributed by atoms with Gasteiger partial charge in [0.15, 0.2) is 5.16 Å². The van der Waals surface area contributed by atoms with Crippen LogP contribution >= 0.6 is 11.8 Å². The summed E-state index contributed by atoms with van der Waals surface area (Å²) in [5.74, 6) is 1.80. The van der Waals surface area contributed by atoms with Gasteiger partial charge in [0.1, 0.15) is 5.82 Å². The van der Waals surface area contributed by atoms with Gasteiger partial charge >= 0.3 is 5.97 Å². The van der Waals surface area contributed by atoms with Crippen molar-refractivity contribution in [2.24, 2.45) is 5.73 Å². The van der Waals surface area contributed by atoms with Gasteiger partial charge in [0.05, 0.1) is 13.2 Å². The highest BCUT2D eigenvalue weighted by molar-refractivity contribution is 7.99. The van der Waals surface area contributed by atoms with E-state index in [-0.39, 0.29) is 5.97 Å². The molecule has 1 aliphatic rings. The highest BCUT2D eigenvalue weighted by Crippen LogP contribution is 2.38. The second kappa shape index (κ2) is 8.38. The second-order valence-corrected chi connectivity index (χ2v) is 6.23. The summed E-state index contributed by atoms with van der Waals surface area (Å²) in [6.07, 6.45) is 5.93. The summed E-state index contributed by atoms with van der Waals surface area (Å²) >= 11 is 1.74. The summed E-state index contributed by atoms with van der Waals surface area (Å²) in [5, 5.41) is 9.39. The van der Waals surface area contributed by atoms with Crippen molar-refractivity contribution >= 4 is 17.7 Å². The maximum Gasteiger partial charge on any atom is 0.305 e. The van der Waals surface area contributed by atoms with E-state index in [1.54, 1.807) is 11.8 Å². The van der Waals surface area contributed by atoms with E-state index < -0.39 is 0 Å². The number of carbonyl (C=O) groups excluding carboxylic acids is 1. The zero-order chi connectivity index (χ0) is 15.1. The van der Waals surface area contributed by atoms with Crippen molar-refractivity contribution in [2.75, 3.05) is 12.4 Å². The molecule has 0 radical (unpaired) electrons. The lowest BCUT2D eigenvalue weighted by molar-refractivity contribution is -0.143. The van der Waals surface area contributed by atoms with E-state index in [4.69, 9.17) is 10.5 Å². The number of carbonyl (C=O) groups is 1. The fourth-order valence-electron chi connectivity index (χ4n) is 2.19. The zero-order valence-electron chi connectivity index (χ0n) is 12.6. The van der Waals surface area contributed by atoms with Gasteiger partial charge in [-0.15, -0.1) is 10.2 Å². The molecule has 1 fully saturated rings. The number of hydrogen-bond acceptors (Lipinski definition) is 6. The van der Waals surface area contributed by atoms with Gasteiger partial charge < -0.3 is 15.0 Å². The molecule has 0 bridgehead atoms. The Kier molecular flexibility index (Phi) is 6.50. The molecule has 0 unspecified atom stereocenters. The first-order valence-electron chi connectivity index (χ1n) is 7.68. The standard InChI is InChI=1S/C14H24N4O2S/c1-2-20-13(19)6-4-3-5-9-21-14-17-16-12(10-15)18(14)11-7-8-11/h11H,2-10,15H2,1H3. The van der Waals surface area contributed by atoms with Gasteiger partial charge in [0.2, 0.25) is 0 Å². The third-order valence-electron chi connectivity index (χ3n) is 3.39. The van der Waals surface area contributed by atoms with Crippen LogP contribution in [0.3, 0.4) is 0 Å². The molecule has 2 N–H and O–H groups in total. The molecule has 1 aromatic heterocycles. The van der Waals surface area contributed by atoms with Crippen LogP contribution < -0.4 is 5.73 Å². The molecule has 0 atom stereocenters. The van der Waals surface area contributed by atoms with E-state index >= 15 is 0 Å². The molecule has 118 valence electrons. The molecule has 0 aliphatic heterocycles. The first kappa shape index (κ1) is 16.3. The van der Waals surface area contributed by atoms with Crippen molar-refractivity contribution in [2.45, 2.75) is 63.2 Å². The predicted molar refractivity (Wildman–Crippen MR) is 82.0 cm³/mol. The van der Waals surface area contributed by atoms with Gasteiger partial charge in [-0.25, -0.2) is 0 Å². The molecule has 6 nitrogen and oxygen atoms in total. The third kappa shape index (κ3) is 5.00.